The van der Waals surface area contributed by atoms with Gasteiger partial charge in [0.2, 0.25) is 11.8 Å². The number of hydrogen-bond acceptors (Lipinski definition) is 7. The number of anilines is 1. The average Bonchev–Trinajstić information content (AvgIpc) is 2.92. The zero-order valence-corrected chi connectivity index (χ0v) is 22.4. The zero-order chi connectivity index (χ0) is 27.1. The monoisotopic (exact) mass is 551 g/mol. The Morgan fingerprint density at radius 2 is 1.79 bits per heavy atom. The van der Waals surface area contributed by atoms with Crippen molar-refractivity contribution in [1.29, 1.82) is 0 Å². The molecule has 1 N–H and O–H groups in total. The Morgan fingerprint density at radius 1 is 1.08 bits per heavy atom. The summed E-state index contributed by atoms with van der Waals surface area (Å²) in [4.78, 5) is 44.7. The van der Waals surface area contributed by atoms with Crippen LogP contribution in [-0.4, -0.2) is 46.8 Å². The van der Waals surface area contributed by atoms with Gasteiger partial charge in [0, 0.05) is 6.42 Å². The van der Waals surface area contributed by atoms with Crippen LogP contribution in [0.15, 0.2) is 77.8 Å². The third-order valence-electron chi connectivity index (χ3n) is 5.67. The van der Waals surface area contributed by atoms with Crippen molar-refractivity contribution in [3.05, 3.63) is 88.9 Å². The largest absolute Gasteiger partial charge is 0.497 e. The number of methoxy groups -OCH3 is 1. The Bertz CT molecular complexity index is 1350. The number of amidine groups is 1. The maximum atomic E-state index is 13.3. The van der Waals surface area contributed by atoms with Crippen molar-refractivity contribution in [2.75, 3.05) is 19.0 Å². The van der Waals surface area contributed by atoms with Gasteiger partial charge >= 0.3 is 5.97 Å². The number of benzene rings is 3. The minimum absolute atomic E-state index is 0.00206. The van der Waals surface area contributed by atoms with Crippen molar-refractivity contribution in [3.63, 3.8) is 0 Å². The third-order valence-corrected chi connectivity index (χ3v) is 7.18. The Hall–Kier alpha value is -3.82. The number of carbonyl (C=O) groups excluding carboxylic acids is 3. The number of para-hydroxylation sites is 1. The fraction of sp³-hybridized carbons (Fsp3) is 0.214. The Labute approximate surface area is 230 Å². The van der Waals surface area contributed by atoms with Crippen LogP contribution in [0.2, 0.25) is 5.02 Å². The van der Waals surface area contributed by atoms with E-state index in [1.807, 2.05) is 24.3 Å². The van der Waals surface area contributed by atoms with Gasteiger partial charge in [-0.2, -0.15) is 0 Å². The molecule has 0 aliphatic carbocycles. The number of rotatable bonds is 8. The summed E-state index contributed by atoms with van der Waals surface area (Å²) >= 11 is 7.40. The number of thioether (sulfide) groups is 1. The molecule has 0 radical (unpaired) electrons. The zero-order valence-electron chi connectivity index (χ0n) is 20.8. The number of nitrogens with zero attached hydrogens (tertiary/aromatic N) is 2. The molecule has 2 amide bonds. The molecule has 1 saturated heterocycles. The number of nitrogens with one attached hydrogen (secondary N) is 1. The second-order valence-corrected chi connectivity index (χ2v) is 9.85. The maximum absolute atomic E-state index is 13.3. The van der Waals surface area contributed by atoms with Gasteiger partial charge in [0.25, 0.3) is 0 Å². The summed E-state index contributed by atoms with van der Waals surface area (Å²) in [6, 6.07) is 20.9. The fourth-order valence-electron chi connectivity index (χ4n) is 3.68. The molecule has 0 aromatic heterocycles. The van der Waals surface area contributed by atoms with Gasteiger partial charge in [-0.3, -0.25) is 14.5 Å². The lowest BCUT2D eigenvalue weighted by atomic mass is 10.2. The number of amides is 2. The third kappa shape index (κ3) is 6.73. The van der Waals surface area contributed by atoms with Gasteiger partial charge in [-0.25, -0.2) is 9.79 Å². The smallest absolute Gasteiger partial charge is 0.338 e. The summed E-state index contributed by atoms with van der Waals surface area (Å²) in [5.74, 6) is -0.293. The number of halogens is 1. The first kappa shape index (κ1) is 27.2. The van der Waals surface area contributed by atoms with Gasteiger partial charge < -0.3 is 14.8 Å². The molecule has 8 nitrogen and oxygen atoms in total. The molecule has 38 heavy (non-hydrogen) atoms. The topological polar surface area (TPSA) is 97.3 Å². The number of aliphatic imine (C=N–C) groups is 1. The van der Waals surface area contributed by atoms with E-state index >= 15 is 0 Å². The second-order valence-electron chi connectivity index (χ2n) is 8.27. The van der Waals surface area contributed by atoms with Gasteiger partial charge in [-0.05, 0) is 61.0 Å². The van der Waals surface area contributed by atoms with E-state index in [0.717, 1.165) is 5.56 Å². The molecule has 1 aliphatic rings. The van der Waals surface area contributed by atoms with Crippen molar-refractivity contribution in [3.8, 4) is 5.75 Å². The quantitative estimate of drug-likeness (QED) is 0.361. The van der Waals surface area contributed by atoms with Crippen LogP contribution in [0.3, 0.4) is 0 Å². The molecule has 3 aromatic rings. The first-order valence-electron chi connectivity index (χ1n) is 11.9. The van der Waals surface area contributed by atoms with E-state index in [9.17, 15) is 14.4 Å². The van der Waals surface area contributed by atoms with Crippen LogP contribution in [0.1, 0.15) is 29.3 Å². The summed E-state index contributed by atoms with van der Waals surface area (Å²) in [7, 11) is 1.59. The molecule has 1 aliphatic heterocycles. The first-order valence-corrected chi connectivity index (χ1v) is 13.1. The SMILES string of the molecule is CCOC(=O)c1ccc(N=C2SC(C(=O)Nc3ccccc3Cl)CC(=O)N2Cc2ccc(OC)cc2)cc1. The van der Waals surface area contributed by atoms with Crippen molar-refractivity contribution < 1.29 is 23.9 Å². The average molecular weight is 552 g/mol. The number of ether oxygens (including phenoxy) is 2. The van der Waals surface area contributed by atoms with Crippen molar-refractivity contribution in [1.82, 2.24) is 4.90 Å². The van der Waals surface area contributed by atoms with Crippen molar-refractivity contribution >= 4 is 57.7 Å². The molecule has 10 heteroatoms. The van der Waals surface area contributed by atoms with E-state index in [1.54, 1.807) is 67.5 Å². The van der Waals surface area contributed by atoms with Crippen LogP contribution in [0, 0.1) is 0 Å². The Kier molecular flexibility index (Phi) is 9.04. The molecule has 3 aromatic carbocycles. The highest BCUT2D eigenvalue weighted by molar-refractivity contribution is 8.15. The molecule has 4 rings (SSSR count). The number of carbonyl (C=O) groups is 3. The number of hydrogen-bond donors (Lipinski definition) is 1. The molecular formula is C28H26ClN3O5S. The lowest BCUT2D eigenvalue weighted by molar-refractivity contribution is -0.129. The molecule has 196 valence electrons. The van der Waals surface area contributed by atoms with E-state index < -0.39 is 11.2 Å². The summed E-state index contributed by atoms with van der Waals surface area (Å²) in [5, 5.41) is 2.89. The van der Waals surface area contributed by atoms with Crippen LogP contribution in [0.25, 0.3) is 0 Å². The van der Waals surface area contributed by atoms with Crippen molar-refractivity contribution in [2.45, 2.75) is 25.1 Å². The van der Waals surface area contributed by atoms with Gasteiger partial charge in [0.05, 0.1) is 42.2 Å². The molecule has 1 unspecified atom stereocenters. The molecule has 0 saturated carbocycles. The maximum Gasteiger partial charge on any atom is 0.338 e. The Balaban J connectivity index is 1.60. The molecular weight excluding hydrogens is 526 g/mol. The van der Waals surface area contributed by atoms with E-state index in [1.165, 1.54) is 11.8 Å². The fourth-order valence-corrected chi connectivity index (χ4v) is 4.96. The summed E-state index contributed by atoms with van der Waals surface area (Å²) in [6.07, 6.45) is -0.00206. The van der Waals surface area contributed by atoms with Crippen LogP contribution in [-0.2, 0) is 20.9 Å². The molecule has 0 bridgehead atoms. The van der Waals surface area contributed by atoms with Crippen LogP contribution >= 0.6 is 23.4 Å². The van der Waals surface area contributed by atoms with Gasteiger partial charge in [0.1, 0.15) is 11.0 Å². The number of esters is 1. The minimum Gasteiger partial charge on any atom is -0.497 e. The van der Waals surface area contributed by atoms with Crippen LogP contribution in [0.4, 0.5) is 11.4 Å². The summed E-state index contributed by atoms with van der Waals surface area (Å²) in [6.45, 7) is 2.29. The Morgan fingerprint density at radius 3 is 2.45 bits per heavy atom. The lowest BCUT2D eigenvalue weighted by Crippen LogP contribution is -2.44. The van der Waals surface area contributed by atoms with E-state index in [0.29, 0.717) is 32.9 Å². The molecule has 0 spiro atoms. The van der Waals surface area contributed by atoms with Crippen LogP contribution in [0.5, 0.6) is 5.75 Å². The van der Waals surface area contributed by atoms with Crippen molar-refractivity contribution in [2.24, 2.45) is 4.99 Å². The predicted octanol–water partition coefficient (Wildman–Crippen LogP) is 5.69. The van der Waals surface area contributed by atoms with E-state index in [4.69, 9.17) is 21.1 Å². The van der Waals surface area contributed by atoms with Gasteiger partial charge in [0.15, 0.2) is 5.17 Å². The standard InChI is InChI=1S/C28H26ClN3O5S/c1-3-37-27(35)19-10-12-20(13-11-19)30-28-32(17-18-8-14-21(36-2)15-9-18)25(33)16-24(38-28)26(34)31-23-7-5-4-6-22(23)29/h4-15,24H,3,16-17H2,1-2H3,(H,31,34). The molecule has 1 atom stereocenters. The lowest BCUT2D eigenvalue weighted by Gasteiger charge is -2.32. The molecule has 1 heterocycles. The normalized spacial score (nSPS) is 16.3. The van der Waals surface area contributed by atoms with Crippen LogP contribution < -0.4 is 10.1 Å². The predicted molar refractivity (Wildman–Crippen MR) is 149 cm³/mol. The summed E-state index contributed by atoms with van der Waals surface area (Å²) < 4.78 is 10.3. The van der Waals surface area contributed by atoms with Gasteiger partial charge in [-0.15, -0.1) is 0 Å². The second kappa shape index (κ2) is 12.6. The highest BCUT2D eigenvalue weighted by Crippen LogP contribution is 2.32. The highest BCUT2D eigenvalue weighted by Gasteiger charge is 2.36. The summed E-state index contributed by atoms with van der Waals surface area (Å²) in [5.41, 5.74) is 2.28. The highest BCUT2D eigenvalue weighted by atomic mass is 35.5. The van der Waals surface area contributed by atoms with E-state index in [-0.39, 0.29) is 31.4 Å². The first-order chi connectivity index (χ1) is 18.4. The molecule has 1 fully saturated rings. The van der Waals surface area contributed by atoms with Gasteiger partial charge in [-0.1, -0.05) is 47.6 Å². The van der Waals surface area contributed by atoms with E-state index in [2.05, 4.69) is 10.3 Å². The minimum atomic E-state index is -0.705.